The summed E-state index contributed by atoms with van der Waals surface area (Å²) in [6.07, 6.45) is 0.168. The Balaban J connectivity index is 2.37. The first-order valence-electron chi connectivity index (χ1n) is 6.11. The molecule has 1 aromatic rings. The molecule has 0 radical (unpaired) electrons. The number of rotatable bonds is 7. The number of carbonyl (C=O) groups excluding carboxylic acids is 1. The quantitative estimate of drug-likeness (QED) is 0.710. The van der Waals surface area contributed by atoms with Crippen LogP contribution in [-0.2, 0) is 4.74 Å². The second-order valence-corrected chi connectivity index (χ2v) is 4.01. The summed E-state index contributed by atoms with van der Waals surface area (Å²) < 4.78 is 5.32. The van der Waals surface area contributed by atoms with E-state index in [1.54, 1.807) is 12.1 Å². The number of anilines is 1. The van der Waals surface area contributed by atoms with Crippen LogP contribution >= 0.6 is 0 Å². The molecule has 0 saturated heterocycles. The van der Waals surface area contributed by atoms with Crippen molar-refractivity contribution in [3.05, 3.63) is 17.8 Å². The van der Waals surface area contributed by atoms with Crippen LogP contribution in [0.3, 0.4) is 0 Å². The van der Waals surface area contributed by atoms with Gasteiger partial charge in [-0.25, -0.2) is 0 Å². The Morgan fingerprint density at radius 3 is 2.72 bits per heavy atom. The molecule has 0 spiro atoms. The second-order valence-electron chi connectivity index (χ2n) is 4.01. The van der Waals surface area contributed by atoms with Crippen LogP contribution in [0.25, 0.3) is 0 Å². The fraction of sp³-hybridized carbons (Fsp3) is 0.583. The fourth-order valence-electron chi connectivity index (χ4n) is 1.28. The summed E-state index contributed by atoms with van der Waals surface area (Å²) in [4.78, 5) is 11.7. The van der Waals surface area contributed by atoms with E-state index in [-0.39, 0.29) is 12.0 Å². The van der Waals surface area contributed by atoms with Crippen molar-refractivity contribution in [2.45, 2.75) is 26.9 Å². The molecule has 0 atom stereocenters. The molecule has 1 rings (SSSR count). The first kappa shape index (κ1) is 14.4. The molecule has 2 N–H and O–H groups in total. The summed E-state index contributed by atoms with van der Waals surface area (Å²) in [5, 5.41) is 13.5. The predicted molar refractivity (Wildman–Crippen MR) is 69.6 cm³/mol. The lowest BCUT2D eigenvalue weighted by molar-refractivity contribution is 0.0744. The van der Waals surface area contributed by atoms with E-state index >= 15 is 0 Å². The van der Waals surface area contributed by atoms with Crippen LogP contribution in [0.5, 0.6) is 0 Å². The smallest absolute Gasteiger partial charge is 0.271 e. The number of nitrogens with one attached hydrogen (secondary N) is 2. The van der Waals surface area contributed by atoms with Gasteiger partial charge in [-0.15, -0.1) is 10.2 Å². The van der Waals surface area contributed by atoms with E-state index in [1.807, 2.05) is 20.8 Å². The van der Waals surface area contributed by atoms with Crippen LogP contribution in [0.15, 0.2) is 12.1 Å². The molecule has 1 aromatic heterocycles. The topological polar surface area (TPSA) is 76.1 Å². The van der Waals surface area contributed by atoms with Crippen molar-refractivity contribution in [3.8, 4) is 0 Å². The number of aromatic nitrogens is 2. The van der Waals surface area contributed by atoms with Gasteiger partial charge in [0.1, 0.15) is 5.82 Å². The molecule has 6 heteroatoms. The summed E-state index contributed by atoms with van der Waals surface area (Å²) in [5.74, 6) is 0.426. The number of hydrogen-bond donors (Lipinski definition) is 2. The molecule has 0 bridgehead atoms. The zero-order valence-electron chi connectivity index (χ0n) is 11.1. The van der Waals surface area contributed by atoms with Gasteiger partial charge in [0.2, 0.25) is 0 Å². The van der Waals surface area contributed by atoms with E-state index in [4.69, 9.17) is 4.74 Å². The Labute approximate surface area is 107 Å². The third-order valence-electron chi connectivity index (χ3n) is 2.09. The lowest BCUT2D eigenvalue weighted by Gasteiger charge is -2.08. The maximum absolute atomic E-state index is 11.7. The van der Waals surface area contributed by atoms with Crippen LogP contribution < -0.4 is 10.6 Å². The van der Waals surface area contributed by atoms with Crippen molar-refractivity contribution >= 4 is 11.7 Å². The first-order valence-corrected chi connectivity index (χ1v) is 6.11. The number of amides is 1. The van der Waals surface area contributed by atoms with Gasteiger partial charge < -0.3 is 15.4 Å². The van der Waals surface area contributed by atoms with E-state index in [2.05, 4.69) is 20.8 Å². The largest absolute Gasteiger partial charge is 0.377 e. The molecule has 18 heavy (non-hydrogen) atoms. The van der Waals surface area contributed by atoms with E-state index in [0.29, 0.717) is 24.7 Å². The monoisotopic (exact) mass is 252 g/mol. The van der Waals surface area contributed by atoms with E-state index in [9.17, 15) is 4.79 Å². The van der Waals surface area contributed by atoms with Crippen LogP contribution in [0.4, 0.5) is 5.82 Å². The molecule has 0 aromatic carbocycles. The maximum Gasteiger partial charge on any atom is 0.271 e. The zero-order chi connectivity index (χ0) is 13.4. The highest BCUT2D eigenvalue weighted by molar-refractivity contribution is 5.92. The van der Waals surface area contributed by atoms with Crippen molar-refractivity contribution in [2.24, 2.45) is 0 Å². The van der Waals surface area contributed by atoms with Crippen molar-refractivity contribution in [1.29, 1.82) is 0 Å². The minimum absolute atomic E-state index is 0.168. The van der Waals surface area contributed by atoms with Gasteiger partial charge in [-0.1, -0.05) is 0 Å². The summed E-state index contributed by atoms with van der Waals surface area (Å²) in [5.41, 5.74) is 0.307. The second kappa shape index (κ2) is 7.60. The highest BCUT2D eigenvalue weighted by atomic mass is 16.5. The summed E-state index contributed by atoms with van der Waals surface area (Å²) >= 11 is 0. The van der Waals surface area contributed by atoms with Crippen LogP contribution in [-0.4, -0.2) is 41.9 Å². The number of hydrogen-bond acceptors (Lipinski definition) is 5. The number of carbonyl (C=O) groups is 1. The Morgan fingerprint density at radius 1 is 1.39 bits per heavy atom. The van der Waals surface area contributed by atoms with Gasteiger partial charge in [0, 0.05) is 13.1 Å². The molecule has 1 heterocycles. The average Bonchev–Trinajstić information content (AvgIpc) is 2.35. The van der Waals surface area contributed by atoms with Crippen LogP contribution in [0, 0.1) is 0 Å². The number of ether oxygens (including phenoxy) is 1. The molecule has 0 fully saturated rings. The fourth-order valence-corrected chi connectivity index (χ4v) is 1.28. The molecule has 100 valence electrons. The third kappa shape index (κ3) is 5.09. The zero-order valence-corrected chi connectivity index (χ0v) is 11.1. The Bertz CT molecular complexity index is 365. The Hall–Kier alpha value is -1.69. The summed E-state index contributed by atoms with van der Waals surface area (Å²) in [6.45, 7) is 7.60. The highest BCUT2D eigenvalue weighted by Crippen LogP contribution is 2.01. The minimum atomic E-state index is -0.238. The maximum atomic E-state index is 11.7. The van der Waals surface area contributed by atoms with E-state index < -0.39 is 0 Å². The van der Waals surface area contributed by atoms with Crippen molar-refractivity contribution in [3.63, 3.8) is 0 Å². The van der Waals surface area contributed by atoms with E-state index in [1.165, 1.54) is 0 Å². The molecule has 0 aliphatic carbocycles. The van der Waals surface area contributed by atoms with Crippen molar-refractivity contribution < 1.29 is 9.53 Å². The van der Waals surface area contributed by atoms with Gasteiger partial charge in [-0.05, 0) is 32.9 Å². The average molecular weight is 252 g/mol. The molecule has 0 aliphatic rings. The third-order valence-corrected chi connectivity index (χ3v) is 2.09. The van der Waals surface area contributed by atoms with Crippen LogP contribution in [0.1, 0.15) is 31.3 Å². The minimum Gasteiger partial charge on any atom is -0.377 e. The van der Waals surface area contributed by atoms with E-state index in [0.717, 1.165) is 6.54 Å². The molecular formula is C12H20N4O2. The number of nitrogens with zero attached hydrogens (tertiary/aromatic N) is 2. The predicted octanol–water partition coefficient (Wildman–Crippen LogP) is 1.06. The highest BCUT2D eigenvalue weighted by Gasteiger charge is 2.07. The lowest BCUT2D eigenvalue weighted by atomic mass is 10.3. The molecule has 0 aliphatic heterocycles. The van der Waals surface area contributed by atoms with Crippen LogP contribution in [0.2, 0.25) is 0 Å². The SMILES string of the molecule is CCNc1ccc(C(=O)NCCOC(C)C)nn1. The lowest BCUT2D eigenvalue weighted by Crippen LogP contribution is -2.29. The standard InChI is InChI=1S/C12H20N4O2/c1-4-13-11-6-5-10(15-16-11)12(17)14-7-8-18-9(2)3/h5-6,9H,4,7-8H2,1-3H3,(H,13,16)(H,14,17). The molecule has 1 amide bonds. The summed E-state index contributed by atoms with van der Waals surface area (Å²) in [7, 11) is 0. The molecular weight excluding hydrogens is 232 g/mol. The van der Waals surface area contributed by atoms with Gasteiger partial charge in [-0.3, -0.25) is 4.79 Å². The molecule has 6 nitrogen and oxygen atoms in total. The van der Waals surface area contributed by atoms with Gasteiger partial charge in [-0.2, -0.15) is 0 Å². The molecule has 0 saturated carbocycles. The summed E-state index contributed by atoms with van der Waals surface area (Å²) in [6, 6.07) is 3.37. The van der Waals surface area contributed by atoms with Crippen molar-refractivity contribution in [2.75, 3.05) is 25.0 Å². The Kier molecular flexibility index (Phi) is 6.07. The van der Waals surface area contributed by atoms with Gasteiger partial charge in [0.25, 0.3) is 5.91 Å². The normalized spacial score (nSPS) is 10.4. The van der Waals surface area contributed by atoms with Gasteiger partial charge in [0.05, 0.1) is 12.7 Å². The van der Waals surface area contributed by atoms with Gasteiger partial charge >= 0.3 is 0 Å². The van der Waals surface area contributed by atoms with Gasteiger partial charge in [0.15, 0.2) is 5.69 Å². The Morgan fingerprint density at radius 2 is 2.17 bits per heavy atom. The first-order chi connectivity index (χ1) is 8.63. The molecule has 0 unspecified atom stereocenters. The van der Waals surface area contributed by atoms with Crippen molar-refractivity contribution in [1.82, 2.24) is 15.5 Å².